The molecule has 0 saturated carbocycles. The maximum absolute atomic E-state index is 12.8. The fourth-order valence-corrected chi connectivity index (χ4v) is 3.34. The van der Waals surface area contributed by atoms with Crippen LogP contribution in [-0.2, 0) is 9.59 Å². The number of methoxy groups -OCH3 is 1. The molecule has 1 aliphatic rings. The fraction of sp³-hybridized carbons (Fsp3) is 0.273. The van der Waals surface area contributed by atoms with E-state index in [1.807, 2.05) is 44.4 Å². The second-order valence-electron chi connectivity index (χ2n) is 7.09. The Kier molecular flexibility index (Phi) is 5.80. The molecule has 0 spiro atoms. The fourth-order valence-electron chi connectivity index (χ4n) is 3.34. The minimum Gasteiger partial charge on any atom is -0.507 e. The third-order valence-electron chi connectivity index (χ3n) is 4.87. The standard InChI is InChI=1S/C22H24N2O4/c1-23(2)13-14-24-19(15-7-5-4-6-8-15)18(21(26)22(24)27)20(25)16-9-11-17(28-3)12-10-16/h4-12,19,25H,13-14H2,1-3H3/p+1/t19-/m1/s1. The van der Waals surface area contributed by atoms with Crippen molar-refractivity contribution < 1.29 is 24.3 Å². The van der Waals surface area contributed by atoms with E-state index in [4.69, 9.17) is 4.74 Å². The van der Waals surface area contributed by atoms with Crippen LogP contribution >= 0.6 is 0 Å². The van der Waals surface area contributed by atoms with Gasteiger partial charge in [0, 0.05) is 5.56 Å². The number of quaternary nitrogens is 1. The summed E-state index contributed by atoms with van der Waals surface area (Å²) in [7, 11) is 5.54. The number of amides is 1. The number of Topliss-reactive ketones (excluding diaryl/α,β-unsaturated/α-hetero) is 1. The van der Waals surface area contributed by atoms with Crippen molar-refractivity contribution in [3.63, 3.8) is 0 Å². The van der Waals surface area contributed by atoms with E-state index in [2.05, 4.69) is 0 Å². The number of ether oxygens (including phenoxy) is 1. The highest BCUT2D eigenvalue weighted by molar-refractivity contribution is 6.46. The van der Waals surface area contributed by atoms with Gasteiger partial charge >= 0.3 is 0 Å². The van der Waals surface area contributed by atoms with Crippen molar-refractivity contribution in [2.24, 2.45) is 0 Å². The molecule has 3 rings (SSSR count). The van der Waals surface area contributed by atoms with Gasteiger partial charge in [0.1, 0.15) is 11.5 Å². The average molecular weight is 381 g/mol. The summed E-state index contributed by atoms with van der Waals surface area (Å²) in [6.45, 7) is 1.12. The van der Waals surface area contributed by atoms with Crippen LogP contribution in [0.4, 0.5) is 0 Å². The third kappa shape index (κ3) is 3.77. The number of likely N-dealkylation sites (N-methyl/N-ethyl adjacent to an activating group) is 1. The maximum atomic E-state index is 12.8. The van der Waals surface area contributed by atoms with Crippen molar-refractivity contribution in [1.29, 1.82) is 0 Å². The van der Waals surface area contributed by atoms with Crippen LogP contribution in [-0.4, -0.2) is 56.0 Å². The third-order valence-corrected chi connectivity index (χ3v) is 4.87. The molecule has 1 atom stereocenters. The van der Waals surface area contributed by atoms with Gasteiger partial charge in [-0.05, 0) is 29.8 Å². The van der Waals surface area contributed by atoms with Crippen LogP contribution in [0, 0.1) is 0 Å². The molecule has 28 heavy (non-hydrogen) atoms. The molecule has 1 fully saturated rings. The van der Waals surface area contributed by atoms with E-state index < -0.39 is 17.7 Å². The predicted octanol–water partition coefficient (Wildman–Crippen LogP) is 1.26. The first kappa shape index (κ1) is 19.6. The Morgan fingerprint density at radius 2 is 1.71 bits per heavy atom. The summed E-state index contributed by atoms with van der Waals surface area (Å²) in [4.78, 5) is 28.3. The number of aliphatic hydroxyl groups excluding tert-OH is 1. The first-order valence-electron chi connectivity index (χ1n) is 9.21. The molecule has 0 unspecified atom stereocenters. The summed E-state index contributed by atoms with van der Waals surface area (Å²) in [6, 6.07) is 15.5. The lowest BCUT2D eigenvalue weighted by Crippen LogP contribution is -3.06. The lowest BCUT2D eigenvalue weighted by Gasteiger charge is -2.25. The number of carbonyl (C=O) groups excluding carboxylic acids is 2. The molecule has 0 aromatic heterocycles. The Morgan fingerprint density at radius 1 is 1.07 bits per heavy atom. The molecular weight excluding hydrogens is 356 g/mol. The Morgan fingerprint density at radius 3 is 2.29 bits per heavy atom. The Hall–Kier alpha value is -3.12. The Labute approximate surface area is 164 Å². The number of carbonyl (C=O) groups is 2. The van der Waals surface area contributed by atoms with Crippen LogP contribution in [0.5, 0.6) is 5.75 Å². The number of ketones is 1. The van der Waals surface area contributed by atoms with Crippen molar-refractivity contribution in [2.45, 2.75) is 6.04 Å². The van der Waals surface area contributed by atoms with E-state index in [9.17, 15) is 14.7 Å². The smallest absolute Gasteiger partial charge is 0.295 e. The predicted molar refractivity (Wildman–Crippen MR) is 106 cm³/mol. The van der Waals surface area contributed by atoms with Crippen LogP contribution in [0.2, 0.25) is 0 Å². The van der Waals surface area contributed by atoms with E-state index in [0.717, 1.165) is 5.56 Å². The normalized spacial score (nSPS) is 18.7. The van der Waals surface area contributed by atoms with Crippen LogP contribution < -0.4 is 9.64 Å². The SMILES string of the molecule is COc1ccc(C(O)=C2C(=O)C(=O)N(CC[NH+](C)C)[C@@H]2c2ccccc2)cc1. The zero-order chi connectivity index (χ0) is 20.3. The minimum absolute atomic E-state index is 0.120. The van der Waals surface area contributed by atoms with E-state index >= 15 is 0 Å². The van der Waals surface area contributed by atoms with E-state index in [-0.39, 0.29) is 11.3 Å². The molecule has 6 nitrogen and oxygen atoms in total. The zero-order valence-corrected chi connectivity index (χ0v) is 16.3. The molecule has 2 aromatic carbocycles. The van der Waals surface area contributed by atoms with Crippen molar-refractivity contribution in [3.8, 4) is 5.75 Å². The number of hydrogen-bond donors (Lipinski definition) is 2. The molecule has 1 heterocycles. The van der Waals surface area contributed by atoms with Gasteiger partial charge in [0.25, 0.3) is 11.7 Å². The number of rotatable bonds is 6. The molecular formula is C22H25N2O4+. The molecule has 0 aliphatic carbocycles. The van der Waals surface area contributed by atoms with Crippen LogP contribution in [0.15, 0.2) is 60.2 Å². The summed E-state index contributed by atoms with van der Waals surface area (Å²) in [5, 5.41) is 10.9. The maximum Gasteiger partial charge on any atom is 0.295 e. The molecule has 146 valence electrons. The van der Waals surface area contributed by atoms with Gasteiger partial charge in [0.2, 0.25) is 0 Å². The van der Waals surface area contributed by atoms with Crippen molar-refractivity contribution in [2.75, 3.05) is 34.3 Å². The Balaban J connectivity index is 2.10. The average Bonchev–Trinajstić information content (AvgIpc) is 2.97. The van der Waals surface area contributed by atoms with E-state index in [1.54, 1.807) is 36.3 Å². The second-order valence-corrected chi connectivity index (χ2v) is 7.09. The van der Waals surface area contributed by atoms with E-state index in [0.29, 0.717) is 24.4 Å². The van der Waals surface area contributed by atoms with Gasteiger partial charge in [-0.1, -0.05) is 30.3 Å². The molecule has 1 aliphatic heterocycles. The first-order valence-corrected chi connectivity index (χ1v) is 9.21. The van der Waals surface area contributed by atoms with Gasteiger partial charge in [-0.15, -0.1) is 0 Å². The van der Waals surface area contributed by atoms with Gasteiger partial charge in [0.15, 0.2) is 0 Å². The molecule has 6 heteroatoms. The summed E-state index contributed by atoms with van der Waals surface area (Å²) in [5.74, 6) is -0.763. The molecule has 1 amide bonds. The van der Waals surface area contributed by atoms with Crippen LogP contribution in [0.1, 0.15) is 17.2 Å². The van der Waals surface area contributed by atoms with Crippen LogP contribution in [0.25, 0.3) is 5.76 Å². The number of hydrogen-bond acceptors (Lipinski definition) is 4. The van der Waals surface area contributed by atoms with Gasteiger partial charge < -0.3 is 19.6 Å². The molecule has 1 saturated heterocycles. The second kappa shape index (κ2) is 8.27. The lowest BCUT2D eigenvalue weighted by atomic mass is 9.95. The van der Waals surface area contributed by atoms with Gasteiger partial charge in [-0.25, -0.2) is 0 Å². The minimum atomic E-state index is -0.657. The van der Waals surface area contributed by atoms with Crippen molar-refractivity contribution in [3.05, 3.63) is 71.3 Å². The quantitative estimate of drug-likeness (QED) is 0.449. The summed E-state index contributed by atoms with van der Waals surface area (Å²) in [5.41, 5.74) is 1.39. The molecule has 0 radical (unpaired) electrons. The van der Waals surface area contributed by atoms with Gasteiger partial charge in [-0.3, -0.25) is 9.59 Å². The molecule has 2 aromatic rings. The summed E-state index contributed by atoms with van der Waals surface area (Å²) >= 11 is 0. The largest absolute Gasteiger partial charge is 0.507 e. The summed E-state index contributed by atoms with van der Waals surface area (Å²) < 4.78 is 5.15. The first-order chi connectivity index (χ1) is 13.4. The number of benzene rings is 2. The summed E-state index contributed by atoms with van der Waals surface area (Å²) in [6.07, 6.45) is 0. The highest BCUT2D eigenvalue weighted by atomic mass is 16.5. The van der Waals surface area contributed by atoms with Crippen molar-refractivity contribution >= 4 is 17.4 Å². The monoisotopic (exact) mass is 381 g/mol. The zero-order valence-electron chi connectivity index (χ0n) is 16.3. The molecule has 0 bridgehead atoms. The topological polar surface area (TPSA) is 71.3 Å². The van der Waals surface area contributed by atoms with E-state index in [1.165, 1.54) is 4.90 Å². The van der Waals surface area contributed by atoms with Gasteiger partial charge in [-0.2, -0.15) is 0 Å². The molecule has 2 N–H and O–H groups in total. The van der Waals surface area contributed by atoms with Crippen LogP contribution in [0.3, 0.4) is 0 Å². The highest BCUT2D eigenvalue weighted by Crippen LogP contribution is 2.39. The highest BCUT2D eigenvalue weighted by Gasteiger charge is 2.46. The number of likely N-dealkylation sites (tertiary alicyclic amines) is 1. The number of nitrogens with one attached hydrogen (secondary N) is 1. The number of nitrogens with zero attached hydrogens (tertiary/aromatic N) is 1. The lowest BCUT2D eigenvalue weighted by molar-refractivity contribution is -0.857. The van der Waals surface area contributed by atoms with Crippen molar-refractivity contribution in [1.82, 2.24) is 4.90 Å². The van der Waals surface area contributed by atoms with Gasteiger partial charge in [0.05, 0.1) is 45.9 Å². The Bertz CT molecular complexity index is 889. The number of aliphatic hydroxyl groups is 1.